The second kappa shape index (κ2) is 3.59. The van der Waals surface area contributed by atoms with Crippen LogP contribution in [0.1, 0.15) is 0 Å². The SMILES string of the molecule is Oc1cccc(-c2cnnc(Cl)n2)c1. The summed E-state index contributed by atoms with van der Waals surface area (Å²) in [5.74, 6) is 0.178. The summed E-state index contributed by atoms with van der Waals surface area (Å²) >= 11 is 5.59. The average molecular weight is 208 g/mol. The van der Waals surface area contributed by atoms with E-state index in [0.29, 0.717) is 5.69 Å². The standard InChI is InChI=1S/C9H6ClN3O/c10-9-12-8(5-11-13-9)6-2-1-3-7(14)4-6/h1-5,14H. The molecule has 0 amide bonds. The zero-order valence-electron chi connectivity index (χ0n) is 7.05. The van der Waals surface area contributed by atoms with E-state index in [-0.39, 0.29) is 11.0 Å². The van der Waals surface area contributed by atoms with Gasteiger partial charge in [-0.3, -0.25) is 0 Å². The molecule has 0 spiro atoms. The van der Waals surface area contributed by atoms with Crippen LogP contribution in [0.15, 0.2) is 30.5 Å². The Morgan fingerprint density at radius 2 is 2.14 bits per heavy atom. The highest BCUT2D eigenvalue weighted by atomic mass is 35.5. The Bertz CT molecular complexity index is 418. The van der Waals surface area contributed by atoms with Crippen LogP contribution in [0.5, 0.6) is 5.75 Å². The lowest BCUT2D eigenvalue weighted by molar-refractivity contribution is 0.475. The smallest absolute Gasteiger partial charge is 0.243 e. The summed E-state index contributed by atoms with van der Waals surface area (Å²) in [6.07, 6.45) is 1.49. The van der Waals surface area contributed by atoms with Gasteiger partial charge in [0, 0.05) is 5.56 Å². The predicted molar refractivity (Wildman–Crippen MR) is 51.9 cm³/mol. The van der Waals surface area contributed by atoms with Gasteiger partial charge in [0.05, 0.1) is 11.9 Å². The number of hydrogen-bond donors (Lipinski definition) is 1. The molecule has 2 aromatic rings. The van der Waals surface area contributed by atoms with E-state index in [1.54, 1.807) is 24.3 Å². The minimum atomic E-state index is 0.0887. The van der Waals surface area contributed by atoms with E-state index in [9.17, 15) is 5.11 Å². The number of phenolic OH excluding ortho intramolecular Hbond substituents is 1. The van der Waals surface area contributed by atoms with Crippen LogP contribution in [0, 0.1) is 0 Å². The van der Waals surface area contributed by atoms with Crippen LogP contribution in [0.3, 0.4) is 0 Å². The Labute approximate surface area is 85.2 Å². The molecule has 14 heavy (non-hydrogen) atoms. The van der Waals surface area contributed by atoms with E-state index < -0.39 is 0 Å². The number of aromatic hydroxyl groups is 1. The van der Waals surface area contributed by atoms with Gasteiger partial charge in [-0.05, 0) is 23.7 Å². The Hall–Kier alpha value is -1.68. The summed E-state index contributed by atoms with van der Waals surface area (Å²) in [5.41, 5.74) is 1.34. The molecule has 0 radical (unpaired) electrons. The average Bonchev–Trinajstić information content (AvgIpc) is 2.18. The molecule has 1 heterocycles. The fourth-order valence-electron chi connectivity index (χ4n) is 1.09. The zero-order chi connectivity index (χ0) is 9.97. The van der Waals surface area contributed by atoms with Gasteiger partial charge in [-0.2, -0.15) is 5.10 Å². The zero-order valence-corrected chi connectivity index (χ0v) is 7.81. The van der Waals surface area contributed by atoms with Crippen molar-refractivity contribution in [2.45, 2.75) is 0 Å². The van der Waals surface area contributed by atoms with Crippen molar-refractivity contribution in [1.82, 2.24) is 15.2 Å². The molecule has 2 rings (SSSR count). The summed E-state index contributed by atoms with van der Waals surface area (Å²) in [4.78, 5) is 3.97. The number of aromatic nitrogens is 3. The maximum Gasteiger partial charge on any atom is 0.243 e. The van der Waals surface area contributed by atoms with E-state index in [1.165, 1.54) is 6.20 Å². The molecule has 0 fully saturated rings. The van der Waals surface area contributed by atoms with Crippen LogP contribution in [-0.2, 0) is 0 Å². The monoisotopic (exact) mass is 207 g/mol. The van der Waals surface area contributed by atoms with E-state index in [2.05, 4.69) is 15.2 Å². The van der Waals surface area contributed by atoms with Crippen molar-refractivity contribution in [3.63, 3.8) is 0 Å². The van der Waals surface area contributed by atoms with Crippen molar-refractivity contribution in [2.24, 2.45) is 0 Å². The molecule has 70 valence electrons. The number of benzene rings is 1. The largest absolute Gasteiger partial charge is 0.508 e. The molecule has 0 atom stereocenters. The van der Waals surface area contributed by atoms with Crippen molar-refractivity contribution >= 4 is 11.6 Å². The van der Waals surface area contributed by atoms with Gasteiger partial charge in [0.15, 0.2) is 0 Å². The molecular weight excluding hydrogens is 202 g/mol. The highest BCUT2D eigenvalue weighted by molar-refractivity contribution is 6.28. The number of hydrogen-bond acceptors (Lipinski definition) is 4. The third-order valence-corrected chi connectivity index (χ3v) is 1.84. The van der Waals surface area contributed by atoms with Crippen molar-refractivity contribution in [1.29, 1.82) is 0 Å². The maximum absolute atomic E-state index is 9.25. The van der Waals surface area contributed by atoms with Crippen LogP contribution in [-0.4, -0.2) is 20.3 Å². The quantitative estimate of drug-likeness (QED) is 0.776. The summed E-state index contributed by atoms with van der Waals surface area (Å²) in [5, 5.41) is 16.5. The van der Waals surface area contributed by atoms with Crippen molar-refractivity contribution in [3.05, 3.63) is 35.7 Å². The molecule has 5 heteroatoms. The van der Waals surface area contributed by atoms with Gasteiger partial charge in [0.2, 0.25) is 5.28 Å². The number of halogens is 1. The first kappa shape index (κ1) is 8.90. The summed E-state index contributed by atoms with van der Waals surface area (Å²) in [6, 6.07) is 6.70. The normalized spacial score (nSPS) is 10.1. The van der Waals surface area contributed by atoms with Gasteiger partial charge >= 0.3 is 0 Å². The fourth-order valence-corrected chi connectivity index (χ4v) is 1.22. The van der Waals surface area contributed by atoms with Crippen LogP contribution in [0.25, 0.3) is 11.3 Å². The third kappa shape index (κ3) is 1.80. The van der Waals surface area contributed by atoms with Crippen molar-refractivity contribution in [3.8, 4) is 17.0 Å². The summed E-state index contributed by atoms with van der Waals surface area (Å²) in [7, 11) is 0. The van der Waals surface area contributed by atoms with E-state index in [4.69, 9.17) is 11.6 Å². The molecule has 0 saturated heterocycles. The summed E-state index contributed by atoms with van der Waals surface area (Å²) < 4.78 is 0. The van der Waals surface area contributed by atoms with Gasteiger partial charge in [-0.15, -0.1) is 5.10 Å². The number of rotatable bonds is 1. The third-order valence-electron chi connectivity index (χ3n) is 1.67. The first-order valence-corrected chi connectivity index (χ1v) is 4.28. The van der Waals surface area contributed by atoms with Crippen LogP contribution in [0.2, 0.25) is 5.28 Å². The van der Waals surface area contributed by atoms with Crippen molar-refractivity contribution in [2.75, 3.05) is 0 Å². The van der Waals surface area contributed by atoms with Gasteiger partial charge in [-0.25, -0.2) is 4.98 Å². The van der Waals surface area contributed by atoms with Gasteiger partial charge < -0.3 is 5.11 Å². The maximum atomic E-state index is 9.25. The number of nitrogens with zero attached hydrogens (tertiary/aromatic N) is 3. The van der Waals surface area contributed by atoms with E-state index in [0.717, 1.165) is 5.56 Å². The topological polar surface area (TPSA) is 58.9 Å². The molecule has 0 bridgehead atoms. The Morgan fingerprint density at radius 1 is 1.29 bits per heavy atom. The second-order valence-electron chi connectivity index (χ2n) is 2.66. The Kier molecular flexibility index (Phi) is 2.28. The second-order valence-corrected chi connectivity index (χ2v) is 3.00. The Balaban J connectivity index is 2.49. The van der Waals surface area contributed by atoms with Crippen LogP contribution < -0.4 is 0 Å². The van der Waals surface area contributed by atoms with E-state index in [1.807, 2.05) is 0 Å². The molecule has 0 aliphatic rings. The molecular formula is C9H6ClN3O. The molecule has 0 aliphatic heterocycles. The van der Waals surface area contributed by atoms with Gasteiger partial charge in [-0.1, -0.05) is 12.1 Å². The minimum absolute atomic E-state index is 0.0887. The minimum Gasteiger partial charge on any atom is -0.508 e. The van der Waals surface area contributed by atoms with E-state index >= 15 is 0 Å². The molecule has 0 saturated carbocycles. The highest BCUT2D eigenvalue weighted by Crippen LogP contribution is 2.20. The van der Waals surface area contributed by atoms with Crippen LogP contribution in [0.4, 0.5) is 0 Å². The molecule has 4 nitrogen and oxygen atoms in total. The lowest BCUT2D eigenvalue weighted by atomic mass is 10.1. The van der Waals surface area contributed by atoms with Gasteiger partial charge in [0.25, 0.3) is 0 Å². The molecule has 0 unspecified atom stereocenters. The first-order valence-electron chi connectivity index (χ1n) is 3.90. The molecule has 1 N–H and O–H groups in total. The first-order chi connectivity index (χ1) is 6.75. The number of phenols is 1. The fraction of sp³-hybridized carbons (Fsp3) is 0. The van der Waals surface area contributed by atoms with Crippen molar-refractivity contribution < 1.29 is 5.11 Å². The molecule has 1 aromatic heterocycles. The Morgan fingerprint density at radius 3 is 2.86 bits per heavy atom. The highest BCUT2D eigenvalue weighted by Gasteiger charge is 2.01. The lowest BCUT2D eigenvalue weighted by Gasteiger charge is -1.99. The summed E-state index contributed by atoms with van der Waals surface area (Å²) in [6.45, 7) is 0. The van der Waals surface area contributed by atoms with Gasteiger partial charge in [0.1, 0.15) is 5.75 Å². The molecule has 1 aromatic carbocycles. The van der Waals surface area contributed by atoms with Crippen LogP contribution >= 0.6 is 11.6 Å². The molecule has 0 aliphatic carbocycles. The lowest BCUT2D eigenvalue weighted by Crippen LogP contribution is -1.89. The predicted octanol–water partition coefficient (Wildman–Crippen LogP) is 1.90.